The number of aliphatic hydroxyl groups is 4. The third-order valence-corrected chi connectivity index (χ3v) is 2.61. The molecule has 2 rings (SSSR count). The Balaban J connectivity index is 2.44. The summed E-state index contributed by atoms with van der Waals surface area (Å²) in [6, 6.07) is -0.647. The molecule has 0 saturated heterocycles. The first-order valence-electron chi connectivity index (χ1n) is 4.33. The van der Waals surface area contributed by atoms with Crippen LogP contribution in [0.25, 0.3) is 0 Å². The Morgan fingerprint density at radius 2 is 2.00 bits per heavy atom. The molecule has 14 heavy (non-hydrogen) atoms. The van der Waals surface area contributed by atoms with Crippen LogP contribution in [0.4, 0.5) is 0 Å². The second kappa shape index (κ2) is 3.32. The minimum absolute atomic E-state index is 0.311. The molecule has 0 unspecified atom stereocenters. The molecular weight excluding hydrogens is 188 g/mol. The van der Waals surface area contributed by atoms with Gasteiger partial charge in [0.15, 0.2) is 0 Å². The van der Waals surface area contributed by atoms with Crippen molar-refractivity contribution in [2.45, 2.75) is 24.4 Å². The summed E-state index contributed by atoms with van der Waals surface area (Å²) in [4.78, 5) is 3.79. The van der Waals surface area contributed by atoms with Crippen LogP contribution in [-0.2, 0) is 0 Å². The van der Waals surface area contributed by atoms with E-state index in [1.807, 2.05) is 0 Å². The highest BCUT2D eigenvalue weighted by atomic mass is 16.4. The number of rotatable bonds is 1. The molecule has 0 aromatic carbocycles. The van der Waals surface area contributed by atoms with Crippen LogP contribution in [0.2, 0.25) is 0 Å². The van der Waals surface area contributed by atoms with E-state index >= 15 is 0 Å². The highest BCUT2D eigenvalue weighted by Gasteiger charge is 2.40. The summed E-state index contributed by atoms with van der Waals surface area (Å²) in [7, 11) is 0. The third kappa shape index (κ3) is 1.16. The van der Waals surface area contributed by atoms with Crippen LogP contribution in [0.3, 0.4) is 0 Å². The van der Waals surface area contributed by atoms with Crippen molar-refractivity contribution >= 4 is 0 Å². The number of hydrogen-bond acceptors (Lipinski definition) is 5. The molecule has 4 atom stereocenters. The fourth-order valence-electron chi connectivity index (χ4n) is 1.77. The smallest absolute Gasteiger partial charge is 0.124 e. The maximum atomic E-state index is 9.55. The van der Waals surface area contributed by atoms with E-state index < -0.39 is 24.4 Å². The molecule has 0 fully saturated rings. The number of aliphatic hydroxyl groups excluding tert-OH is 4. The summed E-state index contributed by atoms with van der Waals surface area (Å²) >= 11 is 0. The molecule has 4 N–H and O–H groups in total. The van der Waals surface area contributed by atoms with Crippen LogP contribution >= 0.6 is 0 Å². The fraction of sp³-hybridized carbons (Fsp3) is 0.625. The van der Waals surface area contributed by atoms with Gasteiger partial charge in [-0.25, -0.2) is 4.98 Å². The van der Waals surface area contributed by atoms with Crippen LogP contribution < -0.4 is 0 Å². The van der Waals surface area contributed by atoms with E-state index in [9.17, 15) is 15.3 Å². The first-order valence-corrected chi connectivity index (χ1v) is 4.33. The maximum Gasteiger partial charge on any atom is 0.124 e. The standard InChI is InChI=1S/C8H12N2O4/c11-2-5-7(13)8(14)6(12)4-1-9-3-10(4)5/h1,3,5-8,11-14H,2H2/t5-,6+,7-,8-/m1/s1. The van der Waals surface area contributed by atoms with E-state index in [0.717, 1.165) is 0 Å². The van der Waals surface area contributed by atoms with Crippen molar-refractivity contribution in [3.05, 3.63) is 18.2 Å². The normalized spacial score (nSPS) is 36.9. The van der Waals surface area contributed by atoms with Gasteiger partial charge in [-0.05, 0) is 0 Å². The second-order valence-electron chi connectivity index (χ2n) is 3.40. The van der Waals surface area contributed by atoms with Gasteiger partial charge >= 0.3 is 0 Å². The lowest BCUT2D eigenvalue weighted by Crippen LogP contribution is -2.45. The third-order valence-electron chi connectivity index (χ3n) is 2.61. The van der Waals surface area contributed by atoms with Gasteiger partial charge in [-0.2, -0.15) is 0 Å². The summed E-state index contributed by atoms with van der Waals surface area (Å²) in [5.74, 6) is 0. The predicted molar refractivity (Wildman–Crippen MR) is 45.3 cm³/mol. The SMILES string of the molecule is OC[C@@H]1[C@@H](O)[C@H](O)[C@@H](O)c2cncn21. The summed E-state index contributed by atoms with van der Waals surface area (Å²) in [6.45, 7) is -0.311. The molecule has 0 bridgehead atoms. The molecule has 1 aromatic rings. The van der Waals surface area contributed by atoms with Gasteiger partial charge in [0.05, 0.1) is 30.9 Å². The molecule has 0 saturated carbocycles. The average Bonchev–Trinajstić information content (AvgIpc) is 2.64. The van der Waals surface area contributed by atoms with Gasteiger partial charge in [-0.3, -0.25) is 0 Å². The van der Waals surface area contributed by atoms with Crippen molar-refractivity contribution in [3.63, 3.8) is 0 Å². The van der Waals surface area contributed by atoms with Crippen LogP contribution in [0.15, 0.2) is 12.5 Å². The molecule has 1 aliphatic rings. The molecule has 0 amide bonds. The molecule has 2 heterocycles. The van der Waals surface area contributed by atoms with Crippen molar-refractivity contribution in [3.8, 4) is 0 Å². The van der Waals surface area contributed by atoms with E-state index in [4.69, 9.17) is 5.11 Å². The molecule has 0 radical (unpaired) electrons. The van der Waals surface area contributed by atoms with Gasteiger partial charge in [0, 0.05) is 0 Å². The van der Waals surface area contributed by atoms with Gasteiger partial charge < -0.3 is 25.0 Å². The Morgan fingerprint density at radius 1 is 1.29 bits per heavy atom. The molecule has 6 heteroatoms. The first-order chi connectivity index (χ1) is 6.66. The lowest BCUT2D eigenvalue weighted by atomic mass is 9.95. The number of fused-ring (bicyclic) bond motifs is 1. The summed E-state index contributed by atoms with van der Waals surface area (Å²) in [6.07, 6.45) is -0.805. The van der Waals surface area contributed by atoms with Gasteiger partial charge in [0.2, 0.25) is 0 Å². The highest BCUT2D eigenvalue weighted by Crippen LogP contribution is 2.31. The topological polar surface area (TPSA) is 98.7 Å². The summed E-state index contributed by atoms with van der Waals surface area (Å²) in [5, 5.41) is 37.6. The zero-order chi connectivity index (χ0) is 10.3. The van der Waals surface area contributed by atoms with Crippen molar-refractivity contribution in [2.75, 3.05) is 6.61 Å². The molecule has 0 spiro atoms. The molecule has 6 nitrogen and oxygen atoms in total. The quantitative estimate of drug-likeness (QED) is 0.428. The fourth-order valence-corrected chi connectivity index (χ4v) is 1.77. The lowest BCUT2D eigenvalue weighted by Gasteiger charge is -2.35. The van der Waals surface area contributed by atoms with Crippen molar-refractivity contribution in [1.29, 1.82) is 0 Å². The van der Waals surface area contributed by atoms with Crippen LogP contribution in [0.1, 0.15) is 17.8 Å². The van der Waals surface area contributed by atoms with Crippen molar-refractivity contribution < 1.29 is 20.4 Å². The highest BCUT2D eigenvalue weighted by molar-refractivity contribution is 5.12. The summed E-state index contributed by atoms with van der Waals surface area (Å²) in [5.41, 5.74) is 0.404. The molecule has 78 valence electrons. The van der Waals surface area contributed by atoms with Crippen molar-refractivity contribution in [2.24, 2.45) is 0 Å². The monoisotopic (exact) mass is 200 g/mol. The van der Waals surface area contributed by atoms with E-state index in [1.54, 1.807) is 0 Å². The Morgan fingerprint density at radius 3 is 2.64 bits per heavy atom. The second-order valence-corrected chi connectivity index (χ2v) is 3.40. The summed E-state index contributed by atoms with van der Waals surface area (Å²) < 4.78 is 1.47. The van der Waals surface area contributed by atoms with E-state index in [-0.39, 0.29) is 6.61 Å². The number of hydrogen-bond donors (Lipinski definition) is 4. The molecule has 0 aliphatic carbocycles. The number of imidazole rings is 1. The predicted octanol–water partition coefficient (Wildman–Crippen LogP) is -1.81. The zero-order valence-corrected chi connectivity index (χ0v) is 7.35. The van der Waals surface area contributed by atoms with Crippen LogP contribution in [-0.4, -0.2) is 48.8 Å². The van der Waals surface area contributed by atoms with E-state index in [2.05, 4.69) is 4.98 Å². The minimum Gasteiger partial charge on any atom is -0.394 e. The Kier molecular flexibility index (Phi) is 2.28. The Bertz CT molecular complexity index is 327. The van der Waals surface area contributed by atoms with Gasteiger partial charge in [0.1, 0.15) is 18.3 Å². The van der Waals surface area contributed by atoms with Crippen LogP contribution in [0.5, 0.6) is 0 Å². The first kappa shape index (κ1) is 9.60. The Hall–Kier alpha value is -0.950. The van der Waals surface area contributed by atoms with Gasteiger partial charge in [0.25, 0.3) is 0 Å². The lowest BCUT2D eigenvalue weighted by molar-refractivity contribution is -0.107. The largest absolute Gasteiger partial charge is 0.394 e. The van der Waals surface area contributed by atoms with Crippen LogP contribution in [0, 0.1) is 0 Å². The Labute approximate surface area is 80.1 Å². The molecule has 1 aromatic heterocycles. The maximum absolute atomic E-state index is 9.55. The van der Waals surface area contributed by atoms with Gasteiger partial charge in [-0.1, -0.05) is 0 Å². The number of nitrogens with zero attached hydrogens (tertiary/aromatic N) is 2. The van der Waals surface area contributed by atoms with E-state index in [0.29, 0.717) is 5.69 Å². The average molecular weight is 200 g/mol. The minimum atomic E-state index is -1.28. The molecule has 1 aliphatic heterocycles. The number of aromatic nitrogens is 2. The zero-order valence-electron chi connectivity index (χ0n) is 7.35. The molecular formula is C8H12N2O4. The van der Waals surface area contributed by atoms with Gasteiger partial charge in [-0.15, -0.1) is 0 Å². The van der Waals surface area contributed by atoms with E-state index in [1.165, 1.54) is 17.1 Å². The van der Waals surface area contributed by atoms with Crippen molar-refractivity contribution in [1.82, 2.24) is 9.55 Å².